The molecule has 6 nitrogen and oxygen atoms in total. The molecule has 0 saturated heterocycles. The number of halogens is 2. The summed E-state index contributed by atoms with van der Waals surface area (Å²) in [5.41, 5.74) is 0.0825. The van der Waals surface area contributed by atoms with Crippen molar-refractivity contribution in [3.63, 3.8) is 0 Å². The molecule has 0 saturated carbocycles. The Hall–Kier alpha value is -1.66. The molecule has 0 aliphatic heterocycles. The van der Waals surface area contributed by atoms with Crippen molar-refractivity contribution in [2.75, 3.05) is 5.88 Å². The second kappa shape index (κ2) is 5.99. The van der Waals surface area contributed by atoms with E-state index in [4.69, 9.17) is 27.6 Å². The average molecular weight is 302 g/mol. The van der Waals surface area contributed by atoms with Gasteiger partial charge in [0.15, 0.2) is 0 Å². The minimum atomic E-state index is -0.538. The fourth-order valence-electron chi connectivity index (χ4n) is 1.52. The monoisotopic (exact) mass is 301 g/mol. The predicted octanol–water partition coefficient (Wildman–Crippen LogP) is 3.47. The van der Waals surface area contributed by atoms with Crippen LogP contribution in [0.5, 0.6) is 0 Å². The first-order chi connectivity index (χ1) is 9.11. The molecule has 0 bridgehead atoms. The van der Waals surface area contributed by atoms with Crippen LogP contribution in [0.3, 0.4) is 0 Å². The van der Waals surface area contributed by atoms with Crippen molar-refractivity contribution in [3.05, 3.63) is 39.2 Å². The van der Waals surface area contributed by atoms with E-state index in [0.29, 0.717) is 24.6 Å². The summed E-state index contributed by atoms with van der Waals surface area (Å²) in [4.78, 5) is 10.4. The highest BCUT2D eigenvalue weighted by Gasteiger charge is 2.20. The van der Waals surface area contributed by atoms with Gasteiger partial charge in [-0.05, 0) is 18.6 Å². The number of rotatable bonds is 5. The summed E-state index contributed by atoms with van der Waals surface area (Å²) in [6, 6.07) is 4.27. The maximum absolute atomic E-state index is 11.0. The molecule has 0 unspecified atom stereocenters. The summed E-state index contributed by atoms with van der Waals surface area (Å²) in [6.45, 7) is 0. The van der Waals surface area contributed by atoms with E-state index in [2.05, 4.69) is 10.2 Å². The second-order valence-electron chi connectivity index (χ2n) is 3.71. The Morgan fingerprint density at radius 3 is 2.84 bits per heavy atom. The minimum absolute atomic E-state index is 0.105. The molecule has 0 spiro atoms. The van der Waals surface area contributed by atoms with Crippen LogP contribution >= 0.6 is 23.2 Å². The van der Waals surface area contributed by atoms with Gasteiger partial charge in [0, 0.05) is 23.4 Å². The van der Waals surface area contributed by atoms with Crippen LogP contribution in [0, 0.1) is 10.1 Å². The number of hydrogen-bond acceptors (Lipinski definition) is 5. The molecule has 0 amide bonds. The molecular formula is C11H9Cl2N3O3. The molecule has 19 heavy (non-hydrogen) atoms. The highest BCUT2D eigenvalue weighted by molar-refractivity contribution is 6.30. The molecule has 2 aromatic rings. The lowest BCUT2D eigenvalue weighted by atomic mass is 10.2. The summed E-state index contributed by atoms with van der Waals surface area (Å²) < 4.78 is 5.37. The highest BCUT2D eigenvalue weighted by Crippen LogP contribution is 2.31. The standard InChI is InChI=1S/C11H9Cl2N3O3/c12-5-1-2-10-14-15-11(19-10)8-4-3-7(13)6-9(8)16(17)18/h3-4,6H,1-2,5H2. The quantitative estimate of drug-likeness (QED) is 0.480. The van der Waals surface area contributed by atoms with Crippen LogP contribution in [0.25, 0.3) is 11.5 Å². The lowest BCUT2D eigenvalue weighted by Crippen LogP contribution is -1.92. The van der Waals surface area contributed by atoms with Gasteiger partial charge in [-0.3, -0.25) is 10.1 Å². The van der Waals surface area contributed by atoms with Crippen LogP contribution in [0.15, 0.2) is 22.6 Å². The van der Waals surface area contributed by atoms with Gasteiger partial charge in [0.2, 0.25) is 5.89 Å². The van der Waals surface area contributed by atoms with Crippen molar-refractivity contribution in [3.8, 4) is 11.5 Å². The van der Waals surface area contributed by atoms with Crippen molar-refractivity contribution < 1.29 is 9.34 Å². The van der Waals surface area contributed by atoms with E-state index in [9.17, 15) is 10.1 Å². The Labute approximate surface area is 118 Å². The van der Waals surface area contributed by atoms with Gasteiger partial charge < -0.3 is 4.42 Å². The molecule has 8 heteroatoms. The maximum atomic E-state index is 11.0. The van der Waals surface area contributed by atoms with E-state index in [1.165, 1.54) is 18.2 Å². The van der Waals surface area contributed by atoms with Crippen molar-refractivity contribution in [1.82, 2.24) is 10.2 Å². The number of aryl methyl sites for hydroxylation is 1. The third kappa shape index (κ3) is 3.21. The van der Waals surface area contributed by atoms with Gasteiger partial charge in [-0.25, -0.2) is 0 Å². The summed E-state index contributed by atoms with van der Waals surface area (Å²) >= 11 is 11.3. The summed E-state index contributed by atoms with van der Waals surface area (Å²) in [5.74, 6) is 0.992. The van der Waals surface area contributed by atoms with Gasteiger partial charge in [0.1, 0.15) is 5.56 Å². The first kappa shape index (κ1) is 13.8. The molecule has 1 heterocycles. The summed E-state index contributed by atoms with van der Waals surface area (Å²) in [6.07, 6.45) is 1.24. The van der Waals surface area contributed by atoms with E-state index in [1.807, 2.05) is 0 Å². The van der Waals surface area contributed by atoms with Crippen LogP contribution in [0.4, 0.5) is 5.69 Å². The van der Waals surface area contributed by atoms with Gasteiger partial charge in [-0.15, -0.1) is 21.8 Å². The molecular weight excluding hydrogens is 293 g/mol. The van der Waals surface area contributed by atoms with Crippen molar-refractivity contribution in [2.45, 2.75) is 12.8 Å². The van der Waals surface area contributed by atoms with Gasteiger partial charge in [0.25, 0.3) is 11.6 Å². The largest absolute Gasteiger partial charge is 0.420 e. The number of nitro benzene ring substituents is 1. The van der Waals surface area contributed by atoms with E-state index in [0.717, 1.165) is 0 Å². The van der Waals surface area contributed by atoms with Crippen molar-refractivity contribution in [1.29, 1.82) is 0 Å². The van der Waals surface area contributed by atoms with E-state index < -0.39 is 4.92 Å². The van der Waals surface area contributed by atoms with Gasteiger partial charge in [0.05, 0.1) is 4.92 Å². The highest BCUT2D eigenvalue weighted by atomic mass is 35.5. The fraction of sp³-hybridized carbons (Fsp3) is 0.273. The zero-order valence-corrected chi connectivity index (χ0v) is 11.2. The number of nitrogens with zero attached hydrogens (tertiary/aromatic N) is 3. The minimum Gasteiger partial charge on any atom is -0.420 e. The van der Waals surface area contributed by atoms with Gasteiger partial charge in [-0.2, -0.15) is 0 Å². The Morgan fingerprint density at radius 1 is 1.37 bits per heavy atom. The topological polar surface area (TPSA) is 82.1 Å². The summed E-state index contributed by atoms with van der Waals surface area (Å²) in [5, 5.41) is 18.9. The molecule has 0 aliphatic carbocycles. The Bertz CT molecular complexity index is 601. The van der Waals surface area contributed by atoms with E-state index >= 15 is 0 Å². The number of benzene rings is 1. The number of aromatic nitrogens is 2. The average Bonchev–Trinajstić information content (AvgIpc) is 2.84. The zero-order valence-electron chi connectivity index (χ0n) is 9.68. The lowest BCUT2D eigenvalue weighted by molar-refractivity contribution is -0.384. The lowest BCUT2D eigenvalue weighted by Gasteiger charge is -1.98. The SMILES string of the molecule is O=[N+]([O-])c1cc(Cl)ccc1-c1nnc(CCCCl)o1. The Kier molecular flexibility index (Phi) is 4.34. The van der Waals surface area contributed by atoms with Crippen LogP contribution in [0.2, 0.25) is 5.02 Å². The van der Waals surface area contributed by atoms with Crippen LogP contribution < -0.4 is 0 Å². The van der Waals surface area contributed by atoms with E-state index in [1.54, 1.807) is 0 Å². The molecule has 2 rings (SSSR count). The molecule has 0 N–H and O–H groups in total. The van der Waals surface area contributed by atoms with Crippen LogP contribution in [-0.4, -0.2) is 21.0 Å². The van der Waals surface area contributed by atoms with Crippen LogP contribution in [0.1, 0.15) is 12.3 Å². The summed E-state index contributed by atoms with van der Waals surface area (Å²) in [7, 11) is 0. The molecule has 0 radical (unpaired) electrons. The van der Waals surface area contributed by atoms with Gasteiger partial charge in [-0.1, -0.05) is 11.6 Å². The predicted molar refractivity (Wildman–Crippen MR) is 70.4 cm³/mol. The first-order valence-corrected chi connectivity index (χ1v) is 6.35. The number of nitro groups is 1. The van der Waals surface area contributed by atoms with Gasteiger partial charge >= 0.3 is 0 Å². The van der Waals surface area contributed by atoms with Crippen molar-refractivity contribution in [2.24, 2.45) is 0 Å². The Balaban J connectivity index is 2.36. The maximum Gasteiger partial charge on any atom is 0.283 e. The fourth-order valence-corrected chi connectivity index (χ4v) is 1.82. The molecule has 0 atom stereocenters. The third-order valence-electron chi connectivity index (χ3n) is 2.38. The van der Waals surface area contributed by atoms with E-state index in [-0.39, 0.29) is 22.2 Å². The molecule has 0 aliphatic rings. The van der Waals surface area contributed by atoms with Crippen LogP contribution in [-0.2, 0) is 6.42 Å². The number of hydrogen-bond donors (Lipinski definition) is 0. The molecule has 1 aromatic heterocycles. The smallest absolute Gasteiger partial charge is 0.283 e. The third-order valence-corrected chi connectivity index (χ3v) is 2.88. The first-order valence-electron chi connectivity index (χ1n) is 5.44. The normalized spacial score (nSPS) is 10.6. The molecule has 100 valence electrons. The second-order valence-corrected chi connectivity index (χ2v) is 4.53. The molecule has 1 aromatic carbocycles. The number of alkyl halides is 1. The van der Waals surface area contributed by atoms with Crippen molar-refractivity contribution >= 4 is 28.9 Å². The molecule has 0 fully saturated rings. The zero-order chi connectivity index (χ0) is 13.8. The Morgan fingerprint density at radius 2 is 2.16 bits per heavy atom.